The summed E-state index contributed by atoms with van der Waals surface area (Å²) in [6.45, 7) is 0. The van der Waals surface area contributed by atoms with Crippen molar-refractivity contribution in [2.24, 2.45) is 0 Å². The van der Waals surface area contributed by atoms with Crippen LogP contribution in [0.1, 0.15) is 5.56 Å². The van der Waals surface area contributed by atoms with Gasteiger partial charge in [0.25, 0.3) is 0 Å². The van der Waals surface area contributed by atoms with Crippen molar-refractivity contribution in [1.29, 1.82) is 0 Å². The Balaban J connectivity index is 2.21. The molecule has 1 aromatic carbocycles. The number of H-pyrrole nitrogens is 1. The lowest BCUT2D eigenvalue weighted by Crippen LogP contribution is -2.04. The molecule has 0 radical (unpaired) electrons. The molecule has 0 aliphatic rings. The number of fused-ring (bicyclic) bond motifs is 1. The fourth-order valence-corrected chi connectivity index (χ4v) is 2.13. The first-order valence-corrected chi connectivity index (χ1v) is 5.86. The molecule has 3 N–H and O–H groups in total. The molecule has 0 bridgehead atoms. The van der Waals surface area contributed by atoms with Gasteiger partial charge in [0.1, 0.15) is 0 Å². The predicted octanol–water partition coefficient (Wildman–Crippen LogP) is 3.83. The molecule has 6 heteroatoms. The number of nitrogens with zero attached hydrogens (tertiary/aromatic N) is 1. The van der Waals surface area contributed by atoms with Gasteiger partial charge in [-0.05, 0) is 30.3 Å². The molecule has 0 saturated heterocycles. The van der Waals surface area contributed by atoms with Gasteiger partial charge in [0.15, 0.2) is 0 Å². The normalized spacial score (nSPS) is 11.9. The van der Waals surface area contributed by atoms with Crippen LogP contribution < -0.4 is 5.73 Å². The number of aromatic amines is 1. The number of halogens is 3. The van der Waals surface area contributed by atoms with Gasteiger partial charge in [0, 0.05) is 22.8 Å². The number of nitrogens with two attached hydrogens (primary N) is 1. The van der Waals surface area contributed by atoms with E-state index in [1.165, 1.54) is 18.3 Å². The van der Waals surface area contributed by atoms with Gasteiger partial charge in [-0.15, -0.1) is 0 Å². The van der Waals surface area contributed by atoms with E-state index in [2.05, 4.69) is 9.97 Å². The zero-order chi connectivity index (χ0) is 14.3. The van der Waals surface area contributed by atoms with E-state index in [4.69, 9.17) is 5.73 Å². The van der Waals surface area contributed by atoms with Crippen LogP contribution in [0.25, 0.3) is 22.3 Å². The molecule has 2 heterocycles. The molecule has 102 valence electrons. The van der Waals surface area contributed by atoms with Gasteiger partial charge < -0.3 is 10.7 Å². The fraction of sp³-hybridized carbons (Fsp3) is 0.0714. The van der Waals surface area contributed by atoms with Crippen molar-refractivity contribution >= 4 is 16.6 Å². The fourth-order valence-electron chi connectivity index (χ4n) is 2.13. The lowest BCUT2D eigenvalue weighted by Gasteiger charge is -2.06. The van der Waals surface area contributed by atoms with E-state index in [1.807, 2.05) is 0 Å². The summed E-state index contributed by atoms with van der Waals surface area (Å²) in [6, 6.07) is 8.70. The van der Waals surface area contributed by atoms with Crippen molar-refractivity contribution in [3.8, 4) is 11.4 Å². The van der Waals surface area contributed by atoms with Crippen molar-refractivity contribution in [3.63, 3.8) is 0 Å². The predicted molar refractivity (Wildman–Crippen MR) is 70.9 cm³/mol. The Hall–Kier alpha value is -2.50. The summed E-state index contributed by atoms with van der Waals surface area (Å²) >= 11 is 0. The largest absolute Gasteiger partial charge is 0.417 e. The van der Waals surface area contributed by atoms with Gasteiger partial charge in [-0.1, -0.05) is 6.07 Å². The zero-order valence-corrected chi connectivity index (χ0v) is 10.2. The molecule has 3 rings (SSSR count). The second kappa shape index (κ2) is 4.26. The molecule has 0 unspecified atom stereocenters. The summed E-state index contributed by atoms with van der Waals surface area (Å²) in [7, 11) is 0. The average Bonchev–Trinajstić information content (AvgIpc) is 2.81. The Kier molecular flexibility index (Phi) is 2.67. The smallest absolute Gasteiger partial charge is 0.399 e. The van der Waals surface area contributed by atoms with E-state index < -0.39 is 11.7 Å². The summed E-state index contributed by atoms with van der Waals surface area (Å²) < 4.78 is 38.8. The van der Waals surface area contributed by atoms with E-state index in [-0.39, 0.29) is 5.39 Å². The number of nitrogen functional groups attached to an aromatic ring is 1. The van der Waals surface area contributed by atoms with E-state index in [1.54, 1.807) is 18.2 Å². The van der Waals surface area contributed by atoms with Crippen LogP contribution in [-0.2, 0) is 6.18 Å². The van der Waals surface area contributed by atoms with E-state index in [9.17, 15) is 13.2 Å². The van der Waals surface area contributed by atoms with Gasteiger partial charge in [-0.3, -0.25) is 4.98 Å². The highest BCUT2D eigenvalue weighted by molar-refractivity contribution is 5.88. The molecule has 0 fully saturated rings. The van der Waals surface area contributed by atoms with Crippen LogP contribution in [0.2, 0.25) is 0 Å². The quantitative estimate of drug-likeness (QED) is 0.710. The highest BCUT2D eigenvalue weighted by Crippen LogP contribution is 2.36. The van der Waals surface area contributed by atoms with Crippen molar-refractivity contribution in [2.45, 2.75) is 6.18 Å². The Morgan fingerprint density at radius 3 is 2.60 bits per heavy atom. The Morgan fingerprint density at radius 1 is 1.10 bits per heavy atom. The first-order chi connectivity index (χ1) is 9.45. The summed E-state index contributed by atoms with van der Waals surface area (Å²) in [6.07, 6.45) is -2.87. The SMILES string of the molecule is Nc1ccnc(-c2cc3c(C(F)(F)F)cccc3[nH]2)c1. The number of rotatable bonds is 1. The van der Waals surface area contributed by atoms with Gasteiger partial charge in [-0.25, -0.2) is 0 Å². The molecule has 2 aromatic heterocycles. The number of pyridine rings is 1. The number of aromatic nitrogens is 2. The third-order valence-electron chi connectivity index (χ3n) is 3.03. The zero-order valence-electron chi connectivity index (χ0n) is 10.2. The molecular weight excluding hydrogens is 267 g/mol. The van der Waals surface area contributed by atoms with Gasteiger partial charge in [-0.2, -0.15) is 13.2 Å². The first-order valence-electron chi connectivity index (χ1n) is 5.86. The molecule has 0 aliphatic heterocycles. The summed E-state index contributed by atoms with van der Waals surface area (Å²) in [5.74, 6) is 0. The lowest BCUT2D eigenvalue weighted by atomic mass is 10.1. The van der Waals surface area contributed by atoms with E-state index >= 15 is 0 Å². The Morgan fingerprint density at radius 2 is 1.90 bits per heavy atom. The number of alkyl halides is 3. The van der Waals surface area contributed by atoms with Crippen molar-refractivity contribution in [2.75, 3.05) is 5.73 Å². The number of hydrogen-bond acceptors (Lipinski definition) is 2. The molecule has 0 atom stereocenters. The second-order valence-electron chi connectivity index (χ2n) is 4.42. The van der Waals surface area contributed by atoms with E-state index in [0.717, 1.165) is 6.07 Å². The number of hydrogen-bond donors (Lipinski definition) is 2. The average molecular weight is 277 g/mol. The second-order valence-corrected chi connectivity index (χ2v) is 4.42. The molecule has 3 aromatic rings. The van der Waals surface area contributed by atoms with Crippen LogP contribution in [0.5, 0.6) is 0 Å². The molecular formula is C14H10F3N3. The molecule has 0 amide bonds. The highest BCUT2D eigenvalue weighted by Gasteiger charge is 2.32. The third-order valence-corrected chi connectivity index (χ3v) is 3.03. The van der Waals surface area contributed by atoms with Crippen LogP contribution in [0, 0.1) is 0 Å². The topological polar surface area (TPSA) is 54.7 Å². The van der Waals surface area contributed by atoms with Crippen LogP contribution in [-0.4, -0.2) is 9.97 Å². The molecule has 20 heavy (non-hydrogen) atoms. The minimum absolute atomic E-state index is 0.124. The highest BCUT2D eigenvalue weighted by atomic mass is 19.4. The van der Waals surface area contributed by atoms with Crippen molar-refractivity contribution in [1.82, 2.24) is 9.97 Å². The maximum absolute atomic E-state index is 12.9. The standard InChI is InChI=1S/C14H10F3N3/c15-14(16,17)10-2-1-3-11-9(10)7-13(20-11)12-6-8(18)4-5-19-12/h1-7,20H,(H2,18,19). The number of nitrogens with one attached hydrogen (secondary N) is 1. The van der Waals surface area contributed by atoms with Crippen LogP contribution >= 0.6 is 0 Å². The van der Waals surface area contributed by atoms with E-state index in [0.29, 0.717) is 22.6 Å². The molecule has 0 spiro atoms. The molecule has 0 aliphatic carbocycles. The minimum Gasteiger partial charge on any atom is -0.399 e. The van der Waals surface area contributed by atoms with Gasteiger partial charge >= 0.3 is 6.18 Å². The van der Waals surface area contributed by atoms with Crippen LogP contribution in [0.15, 0.2) is 42.6 Å². The third kappa shape index (κ3) is 2.09. The lowest BCUT2D eigenvalue weighted by molar-refractivity contribution is -0.136. The summed E-state index contributed by atoms with van der Waals surface area (Å²) in [5, 5.41) is 0.124. The van der Waals surface area contributed by atoms with Crippen LogP contribution in [0.4, 0.5) is 18.9 Å². The van der Waals surface area contributed by atoms with Gasteiger partial charge in [0.05, 0.1) is 17.0 Å². The number of benzene rings is 1. The Bertz CT molecular complexity index is 775. The number of anilines is 1. The van der Waals surface area contributed by atoms with Crippen molar-refractivity contribution in [3.05, 3.63) is 48.2 Å². The van der Waals surface area contributed by atoms with Crippen molar-refractivity contribution < 1.29 is 13.2 Å². The maximum atomic E-state index is 12.9. The molecule has 3 nitrogen and oxygen atoms in total. The summed E-state index contributed by atoms with van der Waals surface area (Å²) in [5.41, 5.74) is 6.92. The first kappa shape index (κ1) is 12.5. The monoisotopic (exact) mass is 277 g/mol. The maximum Gasteiger partial charge on any atom is 0.417 e. The summed E-state index contributed by atoms with van der Waals surface area (Å²) in [4.78, 5) is 7.04. The molecule has 0 saturated carbocycles. The Labute approximate surface area is 112 Å². The minimum atomic E-state index is -4.39. The van der Waals surface area contributed by atoms with Crippen LogP contribution in [0.3, 0.4) is 0 Å². The van der Waals surface area contributed by atoms with Gasteiger partial charge in [0.2, 0.25) is 0 Å².